The summed E-state index contributed by atoms with van der Waals surface area (Å²) in [5.74, 6) is 0. The first-order valence-corrected chi connectivity index (χ1v) is 4.53. The van der Waals surface area contributed by atoms with E-state index in [1.165, 1.54) is 0 Å². The van der Waals surface area contributed by atoms with E-state index in [-0.39, 0.29) is 13.2 Å². The van der Waals surface area contributed by atoms with Gasteiger partial charge in [0.1, 0.15) is 0 Å². The Kier molecular flexibility index (Phi) is 2.47. The van der Waals surface area contributed by atoms with E-state index in [2.05, 4.69) is 5.10 Å². The number of rotatable bonds is 3. The Morgan fingerprint density at radius 2 is 2.00 bits per heavy atom. The topological polar surface area (TPSA) is 58.3 Å². The third-order valence-electron chi connectivity index (χ3n) is 2.20. The van der Waals surface area contributed by atoms with E-state index in [9.17, 15) is 0 Å². The molecule has 1 heterocycles. The zero-order valence-electron chi connectivity index (χ0n) is 7.72. The van der Waals surface area contributed by atoms with Crippen LogP contribution in [0.5, 0.6) is 0 Å². The van der Waals surface area contributed by atoms with E-state index >= 15 is 0 Å². The van der Waals surface area contributed by atoms with Crippen molar-refractivity contribution in [1.82, 2.24) is 9.78 Å². The van der Waals surface area contributed by atoms with Gasteiger partial charge in [0, 0.05) is 5.39 Å². The number of hydrogen-bond donors (Lipinski definition) is 2. The number of benzene rings is 1. The van der Waals surface area contributed by atoms with Crippen LogP contribution in [-0.4, -0.2) is 26.6 Å². The molecule has 4 nitrogen and oxygen atoms in total. The fourth-order valence-corrected chi connectivity index (χ4v) is 1.58. The third-order valence-corrected chi connectivity index (χ3v) is 2.20. The van der Waals surface area contributed by atoms with Crippen LogP contribution in [0.3, 0.4) is 0 Å². The first kappa shape index (κ1) is 9.18. The lowest BCUT2D eigenvalue weighted by Gasteiger charge is -1.98. The van der Waals surface area contributed by atoms with Crippen molar-refractivity contribution in [3.05, 3.63) is 30.0 Å². The van der Waals surface area contributed by atoms with Gasteiger partial charge in [0.25, 0.3) is 0 Å². The Balaban J connectivity index is 2.61. The predicted octanol–water partition coefficient (Wildman–Crippen LogP) is 0.521. The van der Waals surface area contributed by atoms with Gasteiger partial charge >= 0.3 is 0 Å². The van der Waals surface area contributed by atoms with Crippen molar-refractivity contribution in [3.63, 3.8) is 0 Å². The van der Waals surface area contributed by atoms with E-state index in [1.807, 2.05) is 24.3 Å². The highest BCUT2D eigenvalue weighted by atomic mass is 16.3. The molecule has 0 aliphatic heterocycles. The smallest absolute Gasteiger partial charge is 0.0957 e. The van der Waals surface area contributed by atoms with E-state index in [4.69, 9.17) is 10.2 Å². The first-order valence-electron chi connectivity index (χ1n) is 4.53. The lowest BCUT2D eigenvalue weighted by molar-refractivity contribution is 0.262. The van der Waals surface area contributed by atoms with Gasteiger partial charge < -0.3 is 10.2 Å². The van der Waals surface area contributed by atoms with E-state index in [1.54, 1.807) is 4.68 Å². The molecule has 0 unspecified atom stereocenters. The summed E-state index contributed by atoms with van der Waals surface area (Å²) in [6, 6.07) is 7.67. The van der Waals surface area contributed by atoms with Gasteiger partial charge in [-0.1, -0.05) is 18.2 Å². The molecule has 0 saturated carbocycles. The molecule has 0 amide bonds. The number of nitrogens with zero attached hydrogens (tertiary/aromatic N) is 2. The fourth-order valence-electron chi connectivity index (χ4n) is 1.58. The molecule has 1 aromatic carbocycles. The molecule has 0 atom stereocenters. The quantitative estimate of drug-likeness (QED) is 0.745. The van der Waals surface area contributed by atoms with Crippen molar-refractivity contribution in [1.29, 1.82) is 0 Å². The van der Waals surface area contributed by atoms with Gasteiger partial charge in [0.2, 0.25) is 0 Å². The molecule has 0 aliphatic carbocycles. The standard InChI is InChI=1S/C10H12N2O2/c13-6-5-12-10-4-2-1-3-8(10)9(7-14)11-12/h1-4,13-14H,5-7H2. The van der Waals surface area contributed by atoms with Crippen molar-refractivity contribution < 1.29 is 10.2 Å². The number of para-hydroxylation sites is 1. The van der Waals surface area contributed by atoms with Crippen molar-refractivity contribution in [2.75, 3.05) is 6.61 Å². The van der Waals surface area contributed by atoms with Gasteiger partial charge in [0.05, 0.1) is 31.0 Å². The summed E-state index contributed by atoms with van der Waals surface area (Å²) < 4.78 is 1.71. The number of hydrogen-bond acceptors (Lipinski definition) is 3. The molecular formula is C10H12N2O2. The molecule has 2 N–H and O–H groups in total. The average molecular weight is 192 g/mol. The number of aliphatic hydroxyl groups excluding tert-OH is 2. The van der Waals surface area contributed by atoms with Gasteiger partial charge in [-0.25, -0.2) is 0 Å². The Morgan fingerprint density at radius 1 is 1.21 bits per heavy atom. The molecule has 0 bridgehead atoms. The molecule has 4 heteroatoms. The van der Waals surface area contributed by atoms with Crippen molar-refractivity contribution in [2.45, 2.75) is 13.2 Å². The summed E-state index contributed by atoms with van der Waals surface area (Å²) in [5.41, 5.74) is 1.61. The molecule has 2 aromatic rings. The molecule has 0 radical (unpaired) electrons. The van der Waals surface area contributed by atoms with E-state index < -0.39 is 0 Å². The number of aromatic nitrogens is 2. The summed E-state index contributed by atoms with van der Waals surface area (Å²) in [4.78, 5) is 0. The Morgan fingerprint density at radius 3 is 2.71 bits per heavy atom. The van der Waals surface area contributed by atoms with Crippen LogP contribution >= 0.6 is 0 Å². The van der Waals surface area contributed by atoms with Crippen LogP contribution in [-0.2, 0) is 13.2 Å². The van der Waals surface area contributed by atoms with Crippen LogP contribution in [0.1, 0.15) is 5.69 Å². The zero-order valence-corrected chi connectivity index (χ0v) is 7.72. The molecule has 0 aliphatic rings. The second-order valence-electron chi connectivity index (χ2n) is 3.07. The van der Waals surface area contributed by atoms with Gasteiger partial charge in [-0.2, -0.15) is 5.10 Å². The second-order valence-corrected chi connectivity index (χ2v) is 3.07. The molecule has 0 spiro atoms. The summed E-state index contributed by atoms with van der Waals surface area (Å²) >= 11 is 0. The highest BCUT2D eigenvalue weighted by molar-refractivity contribution is 5.81. The largest absolute Gasteiger partial charge is 0.394 e. The minimum absolute atomic E-state index is 0.0521. The van der Waals surface area contributed by atoms with E-state index in [0.717, 1.165) is 10.9 Å². The van der Waals surface area contributed by atoms with Gasteiger partial charge in [-0.3, -0.25) is 4.68 Å². The summed E-state index contributed by atoms with van der Waals surface area (Å²) in [7, 11) is 0. The first-order chi connectivity index (χ1) is 6.86. The molecule has 2 rings (SSSR count). The zero-order chi connectivity index (χ0) is 9.97. The lowest BCUT2D eigenvalue weighted by Crippen LogP contribution is -2.03. The van der Waals surface area contributed by atoms with Crippen LogP contribution in [0, 0.1) is 0 Å². The maximum absolute atomic E-state index is 9.08. The van der Waals surface area contributed by atoms with Crippen LogP contribution in [0.25, 0.3) is 10.9 Å². The van der Waals surface area contributed by atoms with Crippen molar-refractivity contribution in [3.8, 4) is 0 Å². The molecule has 74 valence electrons. The summed E-state index contributed by atoms with van der Waals surface area (Å²) in [6.45, 7) is 0.440. The maximum Gasteiger partial charge on any atom is 0.0957 e. The number of aliphatic hydroxyl groups is 2. The SMILES string of the molecule is OCCn1nc(CO)c2ccccc21. The minimum atomic E-state index is -0.0705. The molecule has 0 fully saturated rings. The molecule has 0 saturated heterocycles. The van der Waals surface area contributed by atoms with Crippen LogP contribution in [0.4, 0.5) is 0 Å². The lowest BCUT2D eigenvalue weighted by atomic mass is 10.2. The molecule has 14 heavy (non-hydrogen) atoms. The van der Waals surface area contributed by atoms with Gasteiger partial charge in [0.15, 0.2) is 0 Å². The Bertz CT molecular complexity index is 437. The monoisotopic (exact) mass is 192 g/mol. The highest BCUT2D eigenvalue weighted by Gasteiger charge is 2.07. The summed E-state index contributed by atoms with van der Waals surface area (Å²) in [5, 5.41) is 23.1. The maximum atomic E-state index is 9.08. The Labute approximate surface area is 81.4 Å². The van der Waals surface area contributed by atoms with Gasteiger partial charge in [-0.05, 0) is 6.07 Å². The van der Waals surface area contributed by atoms with Crippen LogP contribution in [0.2, 0.25) is 0 Å². The molecular weight excluding hydrogens is 180 g/mol. The third kappa shape index (κ3) is 1.38. The fraction of sp³-hybridized carbons (Fsp3) is 0.300. The Hall–Kier alpha value is -1.39. The summed E-state index contributed by atoms with van der Waals surface area (Å²) in [6.07, 6.45) is 0. The van der Waals surface area contributed by atoms with E-state index in [0.29, 0.717) is 12.2 Å². The van der Waals surface area contributed by atoms with Crippen LogP contribution < -0.4 is 0 Å². The average Bonchev–Trinajstić information content (AvgIpc) is 2.58. The second kappa shape index (κ2) is 3.77. The predicted molar refractivity (Wildman–Crippen MR) is 52.7 cm³/mol. The van der Waals surface area contributed by atoms with Gasteiger partial charge in [-0.15, -0.1) is 0 Å². The number of fused-ring (bicyclic) bond motifs is 1. The highest BCUT2D eigenvalue weighted by Crippen LogP contribution is 2.17. The van der Waals surface area contributed by atoms with Crippen LogP contribution in [0.15, 0.2) is 24.3 Å². The van der Waals surface area contributed by atoms with Crippen molar-refractivity contribution in [2.24, 2.45) is 0 Å². The molecule has 1 aromatic heterocycles. The minimum Gasteiger partial charge on any atom is -0.394 e. The normalized spacial score (nSPS) is 11.0. The van der Waals surface area contributed by atoms with Crippen molar-refractivity contribution >= 4 is 10.9 Å².